The Kier molecular flexibility index (Phi) is 7.33. The van der Waals surface area contributed by atoms with Crippen LogP contribution in [0, 0.1) is 15.4 Å². The lowest BCUT2D eigenvalue weighted by molar-refractivity contribution is 0.0600. The first-order valence-corrected chi connectivity index (χ1v) is 11.0. The molecule has 0 radical (unpaired) electrons. The highest BCUT2D eigenvalue weighted by Gasteiger charge is 2.34. The summed E-state index contributed by atoms with van der Waals surface area (Å²) in [6, 6.07) is 2.67. The molecule has 6 nitrogen and oxygen atoms in total. The lowest BCUT2D eigenvalue weighted by Gasteiger charge is -2.42. The smallest absolute Gasteiger partial charge is 0.341 e. The molecule has 1 saturated heterocycles. The van der Waals surface area contributed by atoms with Crippen molar-refractivity contribution in [2.24, 2.45) is 11.8 Å². The monoisotopic (exact) mass is 487 g/mol. The SMILES string of the molecule is COC(=O)c1cc(I)cnc1N1CCC(NC2CCCCC2C)C(CO)C1. The lowest BCUT2D eigenvalue weighted by atomic mass is 9.83. The summed E-state index contributed by atoms with van der Waals surface area (Å²) in [6.45, 7) is 3.96. The van der Waals surface area contributed by atoms with E-state index in [0.29, 0.717) is 35.9 Å². The van der Waals surface area contributed by atoms with Gasteiger partial charge in [0.15, 0.2) is 0 Å². The quantitative estimate of drug-likeness (QED) is 0.492. The Bertz CT molecular complexity index is 657. The molecule has 27 heavy (non-hydrogen) atoms. The Morgan fingerprint density at radius 1 is 1.37 bits per heavy atom. The molecule has 0 aromatic carbocycles. The van der Waals surface area contributed by atoms with E-state index in [9.17, 15) is 9.90 Å². The Balaban J connectivity index is 1.72. The van der Waals surface area contributed by atoms with Crippen molar-refractivity contribution in [3.63, 3.8) is 0 Å². The van der Waals surface area contributed by atoms with E-state index in [1.807, 2.05) is 6.07 Å². The van der Waals surface area contributed by atoms with Gasteiger partial charge in [-0.25, -0.2) is 9.78 Å². The first-order valence-electron chi connectivity index (χ1n) is 9.89. The average Bonchev–Trinajstić information content (AvgIpc) is 2.69. The number of nitrogens with one attached hydrogen (secondary N) is 1. The van der Waals surface area contributed by atoms with E-state index in [4.69, 9.17) is 4.74 Å². The third kappa shape index (κ3) is 4.92. The van der Waals surface area contributed by atoms with Crippen LogP contribution < -0.4 is 10.2 Å². The summed E-state index contributed by atoms with van der Waals surface area (Å²) in [4.78, 5) is 18.8. The molecule has 1 aliphatic heterocycles. The maximum Gasteiger partial charge on any atom is 0.341 e. The maximum atomic E-state index is 12.2. The van der Waals surface area contributed by atoms with Gasteiger partial charge in [-0.3, -0.25) is 0 Å². The van der Waals surface area contributed by atoms with Crippen LogP contribution in [-0.4, -0.2) is 54.9 Å². The number of carbonyl (C=O) groups is 1. The van der Waals surface area contributed by atoms with Crippen LogP contribution in [0.1, 0.15) is 49.4 Å². The van der Waals surface area contributed by atoms with E-state index in [0.717, 1.165) is 16.5 Å². The number of rotatable bonds is 5. The summed E-state index contributed by atoms with van der Waals surface area (Å²) in [5.74, 6) is 1.11. The molecule has 2 aliphatic rings. The van der Waals surface area contributed by atoms with Gasteiger partial charge in [-0.15, -0.1) is 0 Å². The molecule has 0 spiro atoms. The van der Waals surface area contributed by atoms with Crippen LogP contribution in [0.2, 0.25) is 0 Å². The molecule has 2 heterocycles. The highest BCUT2D eigenvalue weighted by atomic mass is 127. The summed E-state index contributed by atoms with van der Waals surface area (Å²) in [5.41, 5.74) is 0.494. The van der Waals surface area contributed by atoms with Gasteiger partial charge >= 0.3 is 5.97 Å². The number of anilines is 1. The van der Waals surface area contributed by atoms with Gasteiger partial charge in [-0.05, 0) is 53.8 Å². The largest absolute Gasteiger partial charge is 0.465 e. The number of carbonyl (C=O) groups excluding carboxylic acids is 1. The molecule has 0 bridgehead atoms. The van der Waals surface area contributed by atoms with Gasteiger partial charge in [0.2, 0.25) is 0 Å². The molecule has 3 rings (SSSR count). The van der Waals surface area contributed by atoms with Gasteiger partial charge in [0.25, 0.3) is 0 Å². The number of piperidine rings is 1. The van der Waals surface area contributed by atoms with Crippen LogP contribution in [0.3, 0.4) is 0 Å². The third-order valence-corrected chi connectivity index (χ3v) is 6.64. The summed E-state index contributed by atoms with van der Waals surface area (Å²) in [5, 5.41) is 13.8. The molecule has 150 valence electrons. The first-order chi connectivity index (χ1) is 13.0. The zero-order valence-electron chi connectivity index (χ0n) is 16.2. The van der Waals surface area contributed by atoms with Gasteiger partial charge in [0, 0.05) is 47.5 Å². The summed E-state index contributed by atoms with van der Waals surface area (Å²) in [6.07, 6.45) is 7.84. The predicted molar refractivity (Wildman–Crippen MR) is 114 cm³/mol. The number of nitrogens with zero attached hydrogens (tertiary/aromatic N) is 2. The van der Waals surface area contributed by atoms with E-state index in [2.05, 4.69) is 44.7 Å². The molecule has 1 aromatic heterocycles. The Labute approximate surface area is 175 Å². The molecule has 4 unspecified atom stereocenters. The van der Waals surface area contributed by atoms with Crippen molar-refractivity contribution in [2.45, 2.75) is 51.1 Å². The molecule has 2 fully saturated rings. The van der Waals surface area contributed by atoms with Crippen molar-refractivity contribution >= 4 is 34.4 Å². The maximum absolute atomic E-state index is 12.2. The first kappa shape index (κ1) is 20.8. The van der Waals surface area contributed by atoms with Gasteiger partial charge in [0.1, 0.15) is 11.4 Å². The van der Waals surface area contributed by atoms with E-state index >= 15 is 0 Å². The third-order valence-electron chi connectivity index (χ3n) is 6.05. The number of methoxy groups -OCH3 is 1. The topological polar surface area (TPSA) is 74.7 Å². The van der Waals surface area contributed by atoms with Crippen LogP contribution in [0.4, 0.5) is 5.82 Å². The fourth-order valence-corrected chi connectivity index (χ4v) is 4.86. The normalized spacial score (nSPS) is 28.8. The number of aliphatic hydroxyl groups excluding tert-OH is 1. The predicted octanol–water partition coefficient (Wildman–Crippen LogP) is 2.83. The zero-order chi connectivity index (χ0) is 19.4. The number of ether oxygens (including phenoxy) is 1. The second kappa shape index (κ2) is 9.52. The van der Waals surface area contributed by atoms with Crippen molar-refractivity contribution in [1.29, 1.82) is 0 Å². The van der Waals surface area contributed by atoms with E-state index < -0.39 is 0 Å². The molecular weight excluding hydrogens is 457 g/mol. The molecule has 1 aliphatic carbocycles. The molecule has 1 aromatic rings. The highest BCUT2D eigenvalue weighted by molar-refractivity contribution is 14.1. The summed E-state index contributed by atoms with van der Waals surface area (Å²) < 4.78 is 5.84. The summed E-state index contributed by atoms with van der Waals surface area (Å²) >= 11 is 2.15. The second-order valence-corrected chi connectivity index (χ2v) is 9.08. The van der Waals surface area contributed by atoms with Crippen LogP contribution >= 0.6 is 22.6 Å². The van der Waals surface area contributed by atoms with Gasteiger partial charge < -0.3 is 20.1 Å². The number of esters is 1. The minimum Gasteiger partial charge on any atom is -0.465 e. The van der Waals surface area contributed by atoms with Crippen molar-refractivity contribution in [3.8, 4) is 0 Å². The summed E-state index contributed by atoms with van der Waals surface area (Å²) in [7, 11) is 1.39. The number of halogens is 1. The van der Waals surface area contributed by atoms with Gasteiger partial charge in [-0.1, -0.05) is 19.8 Å². The lowest BCUT2D eigenvalue weighted by Crippen LogP contribution is -2.55. The molecule has 4 atom stereocenters. The molecule has 7 heteroatoms. The average molecular weight is 487 g/mol. The van der Waals surface area contributed by atoms with Crippen molar-refractivity contribution in [2.75, 3.05) is 31.7 Å². The van der Waals surface area contributed by atoms with E-state index in [-0.39, 0.29) is 18.5 Å². The van der Waals surface area contributed by atoms with E-state index in [1.54, 1.807) is 6.20 Å². The van der Waals surface area contributed by atoms with Crippen LogP contribution in [-0.2, 0) is 4.74 Å². The van der Waals surface area contributed by atoms with Crippen molar-refractivity contribution < 1.29 is 14.6 Å². The molecule has 2 N–H and O–H groups in total. The molecular formula is C20H30IN3O3. The number of aliphatic hydroxyl groups is 1. The van der Waals surface area contributed by atoms with Crippen molar-refractivity contribution in [1.82, 2.24) is 10.3 Å². The fraction of sp³-hybridized carbons (Fsp3) is 0.700. The van der Waals surface area contributed by atoms with Gasteiger partial charge in [0.05, 0.1) is 7.11 Å². The van der Waals surface area contributed by atoms with Crippen LogP contribution in [0.5, 0.6) is 0 Å². The van der Waals surface area contributed by atoms with Crippen molar-refractivity contribution in [3.05, 3.63) is 21.4 Å². The number of hydrogen-bond donors (Lipinski definition) is 2. The minimum absolute atomic E-state index is 0.124. The minimum atomic E-state index is -0.368. The fourth-order valence-electron chi connectivity index (χ4n) is 4.41. The Morgan fingerprint density at radius 2 is 2.15 bits per heavy atom. The highest BCUT2D eigenvalue weighted by Crippen LogP contribution is 2.29. The molecule has 1 saturated carbocycles. The van der Waals surface area contributed by atoms with E-state index in [1.165, 1.54) is 32.8 Å². The van der Waals surface area contributed by atoms with Gasteiger partial charge in [-0.2, -0.15) is 0 Å². The number of hydrogen-bond acceptors (Lipinski definition) is 6. The zero-order valence-corrected chi connectivity index (χ0v) is 18.3. The standard InChI is InChI=1S/C20H30IN3O3/c1-13-5-3-4-6-17(13)23-18-7-8-24(11-14(18)12-25)19-16(20(26)27-2)9-15(21)10-22-19/h9-10,13-14,17-18,23,25H,3-8,11-12H2,1-2H3. The van der Waals surface area contributed by atoms with Crippen LogP contribution in [0.25, 0.3) is 0 Å². The Morgan fingerprint density at radius 3 is 2.85 bits per heavy atom. The number of aromatic nitrogens is 1. The molecule has 0 amide bonds. The second-order valence-electron chi connectivity index (χ2n) is 7.84. The Hall–Kier alpha value is -0.930. The van der Waals surface area contributed by atoms with Crippen LogP contribution in [0.15, 0.2) is 12.3 Å². The number of pyridine rings is 1.